The third-order valence-electron chi connectivity index (χ3n) is 3.25. The number of nitrogens with one attached hydrogen (secondary N) is 2. The molecule has 11 heteroatoms. The zero-order valence-corrected chi connectivity index (χ0v) is 13.9. The number of hydrogen-bond acceptors (Lipinski definition) is 6. The molecule has 3 N–H and O–H groups in total. The van der Waals surface area contributed by atoms with E-state index in [0.717, 1.165) is 0 Å². The largest absolute Gasteiger partial charge is 0.421 e. The van der Waals surface area contributed by atoms with Gasteiger partial charge in [0.15, 0.2) is 5.15 Å². The second-order valence-electron chi connectivity index (χ2n) is 5.56. The lowest BCUT2D eigenvalue weighted by atomic mass is 10.1. The highest BCUT2D eigenvalue weighted by molar-refractivity contribution is 6.32. The van der Waals surface area contributed by atoms with Gasteiger partial charge in [-0.25, -0.2) is 9.67 Å². The molecule has 0 atom stereocenters. The molecule has 2 heterocycles. The standard InChI is InChI=1S/C13H16ClF3N6O/c1-12(2,6-24)23-9(14)8(5-20-23)21-11-19-4-7(13(15,16)17)10(18-3)22-11/h4-5,24H,6H2,1-3H3,(H2,18,19,21,22). The first kappa shape index (κ1) is 18.3. The first-order valence-corrected chi connectivity index (χ1v) is 7.22. The van der Waals surface area contributed by atoms with Gasteiger partial charge in [-0.1, -0.05) is 11.6 Å². The van der Waals surface area contributed by atoms with Gasteiger partial charge in [-0.2, -0.15) is 23.3 Å². The topological polar surface area (TPSA) is 87.9 Å². The van der Waals surface area contributed by atoms with Crippen molar-refractivity contribution in [2.75, 3.05) is 24.3 Å². The Balaban J connectivity index is 2.33. The Kier molecular flexibility index (Phi) is 4.90. The summed E-state index contributed by atoms with van der Waals surface area (Å²) in [5.74, 6) is -0.435. The lowest BCUT2D eigenvalue weighted by molar-refractivity contribution is -0.137. The molecular weight excluding hydrogens is 349 g/mol. The fourth-order valence-electron chi connectivity index (χ4n) is 1.87. The molecule has 0 aliphatic carbocycles. The van der Waals surface area contributed by atoms with E-state index in [2.05, 4.69) is 25.7 Å². The first-order chi connectivity index (χ1) is 11.1. The molecule has 0 unspecified atom stereocenters. The Morgan fingerprint density at radius 3 is 2.50 bits per heavy atom. The number of aromatic nitrogens is 4. The zero-order valence-electron chi connectivity index (χ0n) is 13.1. The van der Waals surface area contributed by atoms with Gasteiger partial charge in [0.05, 0.1) is 24.0 Å². The molecule has 0 aliphatic heterocycles. The molecule has 24 heavy (non-hydrogen) atoms. The Morgan fingerprint density at radius 1 is 1.29 bits per heavy atom. The number of anilines is 3. The van der Waals surface area contributed by atoms with Crippen LogP contribution in [0.15, 0.2) is 12.4 Å². The van der Waals surface area contributed by atoms with E-state index < -0.39 is 17.3 Å². The number of aliphatic hydroxyl groups excluding tert-OH is 1. The SMILES string of the molecule is CNc1nc(Nc2cnn(C(C)(C)CO)c2Cl)ncc1C(F)(F)F. The molecule has 0 aromatic carbocycles. The Bertz CT molecular complexity index is 731. The second kappa shape index (κ2) is 6.44. The fourth-order valence-corrected chi connectivity index (χ4v) is 2.24. The van der Waals surface area contributed by atoms with Crippen LogP contribution < -0.4 is 10.6 Å². The normalized spacial score (nSPS) is 12.3. The minimum Gasteiger partial charge on any atom is -0.394 e. The summed E-state index contributed by atoms with van der Waals surface area (Å²) in [6.45, 7) is 3.25. The van der Waals surface area contributed by atoms with E-state index in [0.29, 0.717) is 11.9 Å². The number of rotatable bonds is 5. The summed E-state index contributed by atoms with van der Waals surface area (Å²) in [5.41, 5.74) is -1.41. The number of alkyl halides is 3. The maximum absolute atomic E-state index is 12.8. The highest BCUT2D eigenvalue weighted by atomic mass is 35.5. The van der Waals surface area contributed by atoms with Crippen molar-refractivity contribution < 1.29 is 18.3 Å². The minimum absolute atomic E-state index is 0.0735. The predicted octanol–water partition coefficient (Wildman–Crippen LogP) is 2.86. The number of nitrogens with zero attached hydrogens (tertiary/aromatic N) is 4. The van der Waals surface area contributed by atoms with E-state index in [1.165, 1.54) is 17.9 Å². The molecule has 2 aromatic heterocycles. The van der Waals surface area contributed by atoms with Crippen LogP contribution in [0, 0.1) is 0 Å². The van der Waals surface area contributed by atoms with Gasteiger partial charge >= 0.3 is 6.18 Å². The summed E-state index contributed by atoms with van der Waals surface area (Å²) < 4.78 is 39.9. The molecule has 0 spiro atoms. The van der Waals surface area contributed by atoms with Crippen LogP contribution in [0.5, 0.6) is 0 Å². The molecule has 0 fully saturated rings. The molecule has 0 radical (unpaired) electrons. The van der Waals surface area contributed by atoms with Crippen molar-refractivity contribution in [3.8, 4) is 0 Å². The van der Waals surface area contributed by atoms with Crippen LogP contribution in [0.2, 0.25) is 5.15 Å². The second-order valence-corrected chi connectivity index (χ2v) is 5.92. The third-order valence-corrected chi connectivity index (χ3v) is 3.61. The molecule has 132 valence electrons. The summed E-state index contributed by atoms with van der Waals surface area (Å²) in [5, 5.41) is 18.7. The van der Waals surface area contributed by atoms with Crippen molar-refractivity contribution in [1.82, 2.24) is 19.7 Å². The van der Waals surface area contributed by atoms with Crippen molar-refractivity contribution in [2.45, 2.75) is 25.6 Å². The van der Waals surface area contributed by atoms with Gasteiger partial charge in [-0.15, -0.1) is 0 Å². The van der Waals surface area contributed by atoms with Crippen LogP contribution in [0.1, 0.15) is 19.4 Å². The summed E-state index contributed by atoms with van der Waals surface area (Å²) in [6, 6.07) is 0. The Morgan fingerprint density at radius 2 is 1.96 bits per heavy atom. The quantitative estimate of drug-likeness (QED) is 0.756. The molecule has 2 aromatic rings. The summed E-state index contributed by atoms with van der Waals surface area (Å²) >= 11 is 6.19. The van der Waals surface area contributed by atoms with Gasteiger partial charge in [0.2, 0.25) is 5.95 Å². The van der Waals surface area contributed by atoms with E-state index in [-0.39, 0.29) is 23.5 Å². The van der Waals surface area contributed by atoms with Crippen LogP contribution in [0.25, 0.3) is 0 Å². The Labute approximate surface area is 140 Å². The van der Waals surface area contributed by atoms with Crippen molar-refractivity contribution in [3.63, 3.8) is 0 Å². The minimum atomic E-state index is -4.56. The van der Waals surface area contributed by atoms with E-state index in [1.54, 1.807) is 13.8 Å². The molecule has 2 rings (SSSR count). The van der Waals surface area contributed by atoms with Crippen LogP contribution in [0.4, 0.5) is 30.6 Å². The first-order valence-electron chi connectivity index (χ1n) is 6.84. The Hall–Kier alpha value is -2.07. The number of halogens is 4. The van der Waals surface area contributed by atoms with Crippen molar-refractivity contribution in [2.24, 2.45) is 0 Å². The maximum atomic E-state index is 12.8. The van der Waals surface area contributed by atoms with E-state index in [1.807, 2.05) is 0 Å². The monoisotopic (exact) mass is 364 g/mol. The van der Waals surface area contributed by atoms with Gasteiger partial charge in [-0.3, -0.25) is 0 Å². The molecule has 0 amide bonds. The van der Waals surface area contributed by atoms with Crippen molar-refractivity contribution in [1.29, 1.82) is 0 Å². The van der Waals surface area contributed by atoms with Crippen LogP contribution in [-0.4, -0.2) is 38.5 Å². The van der Waals surface area contributed by atoms with Crippen LogP contribution in [-0.2, 0) is 11.7 Å². The van der Waals surface area contributed by atoms with E-state index in [9.17, 15) is 18.3 Å². The van der Waals surface area contributed by atoms with Gasteiger partial charge < -0.3 is 15.7 Å². The van der Waals surface area contributed by atoms with Crippen molar-refractivity contribution in [3.05, 3.63) is 23.1 Å². The maximum Gasteiger partial charge on any atom is 0.421 e. The van der Waals surface area contributed by atoms with Gasteiger partial charge in [0.1, 0.15) is 11.4 Å². The fraction of sp³-hybridized carbons (Fsp3) is 0.462. The van der Waals surface area contributed by atoms with Crippen LogP contribution in [0.3, 0.4) is 0 Å². The summed E-state index contributed by atoms with van der Waals surface area (Å²) in [6.07, 6.45) is -2.51. The lowest BCUT2D eigenvalue weighted by Crippen LogP contribution is -2.31. The molecule has 0 bridgehead atoms. The highest BCUT2D eigenvalue weighted by Crippen LogP contribution is 2.34. The predicted molar refractivity (Wildman–Crippen MR) is 83.5 cm³/mol. The average molecular weight is 365 g/mol. The lowest BCUT2D eigenvalue weighted by Gasteiger charge is -2.23. The smallest absolute Gasteiger partial charge is 0.394 e. The summed E-state index contributed by atoms with van der Waals surface area (Å²) in [7, 11) is 1.33. The van der Waals surface area contributed by atoms with Gasteiger partial charge in [0.25, 0.3) is 0 Å². The average Bonchev–Trinajstić information content (AvgIpc) is 2.87. The number of hydrogen-bond donors (Lipinski definition) is 3. The molecule has 7 nitrogen and oxygen atoms in total. The highest BCUT2D eigenvalue weighted by Gasteiger charge is 2.35. The zero-order chi connectivity index (χ0) is 18.1. The summed E-state index contributed by atoms with van der Waals surface area (Å²) in [4.78, 5) is 7.44. The van der Waals surface area contributed by atoms with E-state index >= 15 is 0 Å². The number of aliphatic hydroxyl groups is 1. The molecular formula is C13H16ClF3N6O. The molecule has 0 saturated heterocycles. The van der Waals surface area contributed by atoms with E-state index in [4.69, 9.17) is 11.6 Å². The third kappa shape index (κ3) is 3.54. The van der Waals surface area contributed by atoms with Crippen molar-refractivity contribution >= 4 is 29.1 Å². The molecule has 0 saturated carbocycles. The van der Waals surface area contributed by atoms with Crippen LogP contribution >= 0.6 is 11.6 Å². The van der Waals surface area contributed by atoms with Gasteiger partial charge in [0, 0.05) is 13.2 Å². The van der Waals surface area contributed by atoms with Gasteiger partial charge in [-0.05, 0) is 13.8 Å². The molecule has 0 aliphatic rings.